The van der Waals surface area contributed by atoms with Gasteiger partial charge in [-0.3, -0.25) is 4.79 Å². The first-order chi connectivity index (χ1) is 9.49. The molecule has 1 saturated heterocycles. The predicted molar refractivity (Wildman–Crippen MR) is 82.0 cm³/mol. The van der Waals surface area contributed by atoms with Crippen LogP contribution in [0.25, 0.3) is 10.9 Å². The van der Waals surface area contributed by atoms with Gasteiger partial charge in [-0.2, -0.15) is 0 Å². The van der Waals surface area contributed by atoms with Crippen molar-refractivity contribution in [1.29, 1.82) is 0 Å². The van der Waals surface area contributed by atoms with Gasteiger partial charge in [0.05, 0.1) is 5.54 Å². The first kappa shape index (κ1) is 13.0. The van der Waals surface area contributed by atoms with Gasteiger partial charge < -0.3 is 14.8 Å². The summed E-state index contributed by atoms with van der Waals surface area (Å²) in [4.78, 5) is 19.3. The smallest absolute Gasteiger partial charge is 0.220 e. The Hall–Kier alpha value is -1.97. The molecule has 4 nitrogen and oxygen atoms in total. The summed E-state index contributed by atoms with van der Waals surface area (Å²) in [6.45, 7) is 8.45. The van der Waals surface area contributed by atoms with Gasteiger partial charge in [0.1, 0.15) is 0 Å². The van der Waals surface area contributed by atoms with Crippen molar-refractivity contribution in [1.82, 2.24) is 9.88 Å². The fraction of sp³-hybridized carbons (Fsp3) is 0.438. The number of fused-ring (bicyclic) bond motifs is 1. The number of hydrogen-bond donors (Lipinski definition) is 1. The quantitative estimate of drug-likeness (QED) is 0.866. The summed E-state index contributed by atoms with van der Waals surface area (Å²) in [5.41, 5.74) is 2.28. The van der Waals surface area contributed by atoms with E-state index >= 15 is 0 Å². The Kier molecular flexibility index (Phi) is 2.96. The van der Waals surface area contributed by atoms with E-state index in [1.165, 1.54) is 11.1 Å². The van der Waals surface area contributed by atoms with Crippen LogP contribution in [0.5, 0.6) is 0 Å². The first-order valence-corrected chi connectivity index (χ1v) is 7.08. The fourth-order valence-corrected chi connectivity index (χ4v) is 3.29. The molecule has 4 heteroatoms. The molecule has 0 spiro atoms. The predicted octanol–water partition coefficient (Wildman–Crippen LogP) is 2.62. The Morgan fingerprint density at radius 2 is 2.05 bits per heavy atom. The van der Waals surface area contributed by atoms with Gasteiger partial charge in [0, 0.05) is 49.3 Å². The summed E-state index contributed by atoms with van der Waals surface area (Å²) < 4.78 is 0. The zero-order valence-electron chi connectivity index (χ0n) is 12.3. The average Bonchev–Trinajstić information content (AvgIpc) is 2.84. The Labute approximate surface area is 119 Å². The van der Waals surface area contributed by atoms with E-state index in [1.807, 2.05) is 11.1 Å². The molecule has 0 aliphatic carbocycles. The van der Waals surface area contributed by atoms with Gasteiger partial charge in [0.2, 0.25) is 5.91 Å². The molecular formula is C16H21N3O. The first-order valence-electron chi connectivity index (χ1n) is 7.08. The minimum Gasteiger partial charge on any atom is -0.367 e. The number of nitrogens with zero attached hydrogens (tertiary/aromatic N) is 2. The third-order valence-electron chi connectivity index (χ3n) is 4.19. The molecule has 2 aromatic rings. The SMILES string of the molecule is CC(=O)N1CCN(c2cccc3[nH]ccc23)CC1(C)C. The zero-order valence-corrected chi connectivity index (χ0v) is 12.3. The van der Waals surface area contributed by atoms with E-state index in [-0.39, 0.29) is 11.4 Å². The van der Waals surface area contributed by atoms with E-state index in [0.717, 1.165) is 25.2 Å². The third kappa shape index (κ3) is 2.05. The molecule has 0 unspecified atom stereocenters. The van der Waals surface area contributed by atoms with Crippen molar-refractivity contribution in [3.8, 4) is 0 Å². The van der Waals surface area contributed by atoms with Crippen molar-refractivity contribution in [3.05, 3.63) is 30.5 Å². The summed E-state index contributed by atoms with van der Waals surface area (Å²) in [5.74, 6) is 0.162. The van der Waals surface area contributed by atoms with E-state index in [2.05, 4.69) is 48.0 Å². The standard InChI is InChI=1S/C16H21N3O/c1-12(20)19-10-9-18(11-16(19,2)3)15-6-4-5-14-13(15)7-8-17-14/h4-8,17H,9-11H2,1-3H3. The van der Waals surface area contributed by atoms with Crippen LogP contribution < -0.4 is 4.90 Å². The lowest BCUT2D eigenvalue weighted by atomic mass is 9.97. The Bertz CT molecular complexity index is 644. The van der Waals surface area contributed by atoms with E-state index in [4.69, 9.17) is 0 Å². The van der Waals surface area contributed by atoms with Gasteiger partial charge in [0.15, 0.2) is 0 Å². The maximum Gasteiger partial charge on any atom is 0.220 e. The monoisotopic (exact) mass is 271 g/mol. The molecule has 20 heavy (non-hydrogen) atoms. The third-order valence-corrected chi connectivity index (χ3v) is 4.19. The summed E-state index contributed by atoms with van der Waals surface area (Å²) in [6.07, 6.45) is 1.98. The summed E-state index contributed by atoms with van der Waals surface area (Å²) >= 11 is 0. The van der Waals surface area contributed by atoms with Crippen molar-refractivity contribution in [2.24, 2.45) is 0 Å². The second kappa shape index (κ2) is 4.54. The van der Waals surface area contributed by atoms with E-state index in [9.17, 15) is 4.79 Å². The molecule has 3 rings (SSSR count). The number of hydrogen-bond acceptors (Lipinski definition) is 2. The number of amides is 1. The van der Waals surface area contributed by atoms with Crippen LogP contribution in [0.15, 0.2) is 30.5 Å². The van der Waals surface area contributed by atoms with Gasteiger partial charge in [-0.05, 0) is 32.0 Å². The number of carbonyl (C=O) groups is 1. The van der Waals surface area contributed by atoms with Crippen LogP contribution in [-0.2, 0) is 4.79 Å². The largest absolute Gasteiger partial charge is 0.367 e. The molecule has 0 radical (unpaired) electrons. The molecular weight excluding hydrogens is 250 g/mol. The van der Waals surface area contributed by atoms with Crippen LogP contribution in [0, 0.1) is 0 Å². The molecule has 1 N–H and O–H groups in total. The topological polar surface area (TPSA) is 39.3 Å². The molecule has 1 aromatic heterocycles. The molecule has 1 fully saturated rings. The van der Waals surface area contributed by atoms with Gasteiger partial charge in [0.25, 0.3) is 0 Å². The normalized spacial score (nSPS) is 18.6. The summed E-state index contributed by atoms with van der Waals surface area (Å²) in [7, 11) is 0. The Morgan fingerprint density at radius 3 is 2.75 bits per heavy atom. The second-order valence-electron chi connectivity index (χ2n) is 6.12. The van der Waals surface area contributed by atoms with Crippen LogP contribution in [0.2, 0.25) is 0 Å². The highest BCUT2D eigenvalue weighted by molar-refractivity contribution is 5.92. The van der Waals surface area contributed by atoms with Crippen molar-refractivity contribution in [2.75, 3.05) is 24.5 Å². The maximum absolute atomic E-state index is 11.7. The summed E-state index contributed by atoms with van der Waals surface area (Å²) in [6, 6.07) is 8.46. The highest BCUT2D eigenvalue weighted by Crippen LogP contribution is 2.30. The Balaban J connectivity index is 1.93. The minimum absolute atomic E-state index is 0.136. The van der Waals surface area contributed by atoms with Gasteiger partial charge in [-0.15, -0.1) is 0 Å². The number of aromatic nitrogens is 1. The number of carbonyl (C=O) groups excluding carboxylic acids is 1. The van der Waals surface area contributed by atoms with Crippen LogP contribution in [0.1, 0.15) is 20.8 Å². The lowest BCUT2D eigenvalue weighted by Gasteiger charge is -2.47. The van der Waals surface area contributed by atoms with Crippen LogP contribution in [0.3, 0.4) is 0 Å². The molecule has 1 aliphatic rings. The minimum atomic E-state index is -0.136. The van der Waals surface area contributed by atoms with Crippen LogP contribution >= 0.6 is 0 Å². The number of benzene rings is 1. The number of rotatable bonds is 1. The average molecular weight is 271 g/mol. The molecule has 1 amide bonds. The number of piperazine rings is 1. The lowest BCUT2D eigenvalue weighted by Crippen LogP contribution is -2.60. The maximum atomic E-state index is 11.7. The molecule has 0 atom stereocenters. The highest BCUT2D eigenvalue weighted by atomic mass is 16.2. The molecule has 106 valence electrons. The van der Waals surface area contributed by atoms with E-state index < -0.39 is 0 Å². The number of anilines is 1. The van der Waals surface area contributed by atoms with Crippen LogP contribution in [0.4, 0.5) is 5.69 Å². The van der Waals surface area contributed by atoms with E-state index in [1.54, 1.807) is 6.92 Å². The molecule has 0 bridgehead atoms. The van der Waals surface area contributed by atoms with Crippen molar-refractivity contribution >= 4 is 22.5 Å². The Morgan fingerprint density at radius 1 is 1.25 bits per heavy atom. The second-order valence-corrected chi connectivity index (χ2v) is 6.12. The fourth-order valence-electron chi connectivity index (χ4n) is 3.29. The number of nitrogens with one attached hydrogen (secondary N) is 1. The summed E-state index contributed by atoms with van der Waals surface area (Å²) in [5, 5.41) is 1.25. The number of H-pyrrole nitrogens is 1. The van der Waals surface area contributed by atoms with Crippen molar-refractivity contribution < 1.29 is 4.79 Å². The lowest BCUT2D eigenvalue weighted by molar-refractivity contribution is -0.134. The zero-order chi connectivity index (χ0) is 14.3. The molecule has 2 heterocycles. The highest BCUT2D eigenvalue weighted by Gasteiger charge is 2.35. The molecule has 0 saturated carbocycles. The van der Waals surface area contributed by atoms with Crippen molar-refractivity contribution in [3.63, 3.8) is 0 Å². The molecule has 1 aliphatic heterocycles. The van der Waals surface area contributed by atoms with Gasteiger partial charge in [-0.1, -0.05) is 6.07 Å². The van der Waals surface area contributed by atoms with Crippen molar-refractivity contribution in [2.45, 2.75) is 26.3 Å². The van der Waals surface area contributed by atoms with E-state index in [0.29, 0.717) is 0 Å². The molecule has 1 aromatic carbocycles. The van der Waals surface area contributed by atoms with Crippen LogP contribution in [-0.4, -0.2) is 41.0 Å². The van der Waals surface area contributed by atoms with Gasteiger partial charge in [-0.25, -0.2) is 0 Å². The number of aromatic amines is 1. The van der Waals surface area contributed by atoms with Gasteiger partial charge >= 0.3 is 0 Å².